The zero-order valence-corrected chi connectivity index (χ0v) is 14.8. The summed E-state index contributed by atoms with van der Waals surface area (Å²) in [5, 5.41) is 5.74. The summed E-state index contributed by atoms with van der Waals surface area (Å²) in [6, 6.07) is 6.78. The molecule has 2 rings (SSSR count). The molecule has 1 aromatic carbocycles. The van der Waals surface area contributed by atoms with E-state index in [1.807, 2.05) is 27.7 Å². The molecule has 0 saturated carbocycles. The molecule has 1 fully saturated rings. The molecule has 1 aliphatic rings. The van der Waals surface area contributed by atoms with Crippen molar-refractivity contribution in [3.8, 4) is 0 Å². The van der Waals surface area contributed by atoms with Crippen LogP contribution in [0.1, 0.15) is 38.1 Å². The molecule has 1 aromatic rings. The number of hydrogen-bond donors (Lipinski definition) is 2. The number of anilines is 1. The first-order valence-electron chi connectivity index (χ1n) is 8.44. The van der Waals surface area contributed by atoms with Crippen LogP contribution in [0.3, 0.4) is 0 Å². The highest BCUT2D eigenvalue weighted by atomic mass is 16.5. The fourth-order valence-electron chi connectivity index (χ4n) is 2.65. The highest BCUT2D eigenvalue weighted by Gasteiger charge is 2.25. The standard InChI is InChI=1S/C18H27N3O3/c1-12(2)9-19-17(22)15-5-7-16(8-6-15)20-18(23)21-10-13(3)24-14(4)11-21/h5-8,12-14H,9-11H2,1-4H3,(H,19,22)(H,20,23). The number of benzene rings is 1. The van der Waals surface area contributed by atoms with Crippen LogP contribution in [0.15, 0.2) is 24.3 Å². The summed E-state index contributed by atoms with van der Waals surface area (Å²) in [5.41, 5.74) is 1.26. The second-order valence-electron chi connectivity index (χ2n) is 6.77. The Bertz CT molecular complexity index is 561. The maximum absolute atomic E-state index is 12.3. The number of nitrogens with one attached hydrogen (secondary N) is 2. The van der Waals surface area contributed by atoms with Crippen LogP contribution in [0, 0.1) is 5.92 Å². The van der Waals surface area contributed by atoms with Gasteiger partial charge in [0, 0.05) is 30.9 Å². The first-order chi connectivity index (χ1) is 11.3. The van der Waals surface area contributed by atoms with Gasteiger partial charge in [0.1, 0.15) is 0 Å². The number of carbonyl (C=O) groups is 2. The van der Waals surface area contributed by atoms with Gasteiger partial charge in [0.15, 0.2) is 0 Å². The Kier molecular flexibility index (Phi) is 6.20. The third-order valence-corrected chi connectivity index (χ3v) is 3.78. The van der Waals surface area contributed by atoms with Gasteiger partial charge in [-0.15, -0.1) is 0 Å². The minimum absolute atomic E-state index is 0.0338. The second-order valence-corrected chi connectivity index (χ2v) is 6.77. The van der Waals surface area contributed by atoms with Crippen LogP contribution in [0.2, 0.25) is 0 Å². The van der Waals surface area contributed by atoms with Crippen LogP contribution < -0.4 is 10.6 Å². The zero-order chi connectivity index (χ0) is 17.7. The van der Waals surface area contributed by atoms with Crippen molar-refractivity contribution in [1.29, 1.82) is 0 Å². The van der Waals surface area contributed by atoms with Crippen molar-refractivity contribution in [3.63, 3.8) is 0 Å². The van der Waals surface area contributed by atoms with Gasteiger partial charge in [0.05, 0.1) is 12.2 Å². The van der Waals surface area contributed by atoms with Crippen molar-refractivity contribution in [1.82, 2.24) is 10.2 Å². The van der Waals surface area contributed by atoms with Crippen molar-refractivity contribution in [3.05, 3.63) is 29.8 Å². The van der Waals surface area contributed by atoms with Crippen LogP contribution in [-0.2, 0) is 4.74 Å². The average molecular weight is 333 g/mol. The second kappa shape index (κ2) is 8.15. The predicted octanol–water partition coefficient (Wildman–Crippen LogP) is 2.71. The largest absolute Gasteiger partial charge is 0.372 e. The summed E-state index contributed by atoms with van der Waals surface area (Å²) in [7, 11) is 0. The number of nitrogens with zero attached hydrogens (tertiary/aromatic N) is 1. The van der Waals surface area contributed by atoms with E-state index in [0.717, 1.165) is 0 Å². The van der Waals surface area contributed by atoms with E-state index in [1.54, 1.807) is 29.2 Å². The van der Waals surface area contributed by atoms with Gasteiger partial charge >= 0.3 is 6.03 Å². The lowest BCUT2D eigenvalue weighted by molar-refractivity contribution is -0.0530. The Morgan fingerprint density at radius 2 is 1.75 bits per heavy atom. The molecule has 0 radical (unpaired) electrons. The number of rotatable bonds is 4. The molecular weight excluding hydrogens is 306 g/mol. The molecule has 1 heterocycles. The summed E-state index contributed by atoms with van der Waals surface area (Å²) in [6.07, 6.45) is 0.0676. The fraction of sp³-hybridized carbons (Fsp3) is 0.556. The molecule has 2 N–H and O–H groups in total. The molecule has 1 aliphatic heterocycles. The molecule has 6 nitrogen and oxygen atoms in total. The Morgan fingerprint density at radius 3 is 2.29 bits per heavy atom. The van der Waals surface area contributed by atoms with Gasteiger partial charge in [-0.25, -0.2) is 4.79 Å². The Hall–Kier alpha value is -2.08. The first-order valence-corrected chi connectivity index (χ1v) is 8.44. The highest BCUT2D eigenvalue weighted by molar-refractivity contribution is 5.95. The van der Waals surface area contributed by atoms with Gasteiger partial charge in [-0.2, -0.15) is 0 Å². The maximum Gasteiger partial charge on any atom is 0.322 e. The molecule has 0 aliphatic carbocycles. The van der Waals surface area contributed by atoms with Crippen molar-refractivity contribution in [2.75, 3.05) is 25.0 Å². The molecule has 2 unspecified atom stereocenters. The van der Waals surface area contributed by atoms with Crippen LogP contribution in [-0.4, -0.2) is 48.7 Å². The molecule has 24 heavy (non-hydrogen) atoms. The van der Waals surface area contributed by atoms with E-state index in [9.17, 15) is 9.59 Å². The molecule has 6 heteroatoms. The normalized spacial score (nSPS) is 20.8. The monoisotopic (exact) mass is 333 g/mol. The highest BCUT2D eigenvalue weighted by Crippen LogP contribution is 2.14. The van der Waals surface area contributed by atoms with Crippen LogP contribution in [0.4, 0.5) is 10.5 Å². The van der Waals surface area contributed by atoms with Gasteiger partial charge < -0.3 is 20.3 Å². The van der Waals surface area contributed by atoms with Crippen molar-refractivity contribution in [2.45, 2.75) is 39.9 Å². The lowest BCUT2D eigenvalue weighted by Gasteiger charge is -2.35. The van der Waals surface area contributed by atoms with Crippen LogP contribution >= 0.6 is 0 Å². The summed E-state index contributed by atoms with van der Waals surface area (Å²) >= 11 is 0. The smallest absolute Gasteiger partial charge is 0.322 e. The number of hydrogen-bond acceptors (Lipinski definition) is 3. The molecule has 2 atom stereocenters. The number of carbonyl (C=O) groups excluding carboxylic acids is 2. The molecule has 0 aromatic heterocycles. The minimum Gasteiger partial charge on any atom is -0.372 e. The summed E-state index contributed by atoms with van der Waals surface area (Å²) in [4.78, 5) is 26.1. The molecular formula is C18H27N3O3. The van der Waals surface area contributed by atoms with E-state index < -0.39 is 0 Å². The van der Waals surface area contributed by atoms with Gasteiger partial charge in [0.2, 0.25) is 0 Å². The Labute approximate surface area is 143 Å². The summed E-state index contributed by atoms with van der Waals surface area (Å²) in [5.74, 6) is 0.309. The lowest BCUT2D eigenvalue weighted by Crippen LogP contribution is -2.49. The predicted molar refractivity (Wildman–Crippen MR) is 94.2 cm³/mol. The van der Waals surface area contributed by atoms with Crippen molar-refractivity contribution in [2.24, 2.45) is 5.92 Å². The lowest BCUT2D eigenvalue weighted by atomic mass is 10.1. The fourth-order valence-corrected chi connectivity index (χ4v) is 2.65. The van der Waals surface area contributed by atoms with E-state index in [1.165, 1.54) is 0 Å². The van der Waals surface area contributed by atoms with Crippen LogP contribution in [0.25, 0.3) is 0 Å². The van der Waals surface area contributed by atoms with E-state index in [0.29, 0.717) is 36.8 Å². The SMILES string of the molecule is CC(C)CNC(=O)c1ccc(NC(=O)N2CC(C)OC(C)C2)cc1. The number of morpholine rings is 1. The summed E-state index contributed by atoms with van der Waals surface area (Å²) in [6.45, 7) is 9.81. The van der Waals surface area contributed by atoms with Gasteiger partial charge in [-0.3, -0.25) is 4.79 Å². The van der Waals surface area contributed by atoms with E-state index in [2.05, 4.69) is 10.6 Å². The summed E-state index contributed by atoms with van der Waals surface area (Å²) < 4.78 is 5.63. The third-order valence-electron chi connectivity index (χ3n) is 3.78. The zero-order valence-electron chi connectivity index (χ0n) is 14.8. The number of ether oxygens (including phenoxy) is 1. The quantitative estimate of drug-likeness (QED) is 0.890. The molecule has 132 valence electrons. The van der Waals surface area contributed by atoms with Gasteiger partial charge in [0.25, 0.3) is 5.91 Å². The number of amides is 3. The number of urea groups is 1. The molecule has 0 bridgehead atoms. The first kappa shape index (κ1) is 18.3. The molecule has 1 saturated heterocycles. The van der Waals surface area contributed by atoms with E-state index >= 15 is 0 Å². The Balaban J connectivity index is 1.91. The minimum atomic E-state index is -0.144. The van der Waals surface area contributed by atoms with E-state index in [4.69, 9.17) is 4.74 Å². The van der Waals surface area contributed by atoms with Crippen molar-refractivity contribution < 1.29 is 14.3 Å². The van der Waals surface area contributed by atoms with E-state index in [-0.39, 0.29) is 24.1 Å². The maximum atomic E-state index is 12.3. The third kappa shape index (κ3) is 5.23. The van der Waals surface area contributed by atoms with Gasteiger partial charge in [-0.1, -0.05) is 13.8 Å². The average Bonchev–Trinajstić information content (AvgIpc) is 2.52. The topological polar surface area (TPSA) is 70.7 Å². The van der Waals surface area contributed by atoms with Crippen molar-refractivity contribution >= 4 is 17.6 Å². The Morgan fingerprint density at radius 1 is 1.17 bits per heavy atom. The molecule has 0 spiro atoms. The molecule has 3 amide bonds. The van der Waals surface area contributed by atoms with Gasteiger partial charge in [-0.05, 0) is 44.0 Å². The van der Waals surface area contributed by atoms with Crippen LogP contribution in [0.5, 0.6) is 0 Å².